The second kappa shape index (κ2) is 11.5. The van der Waals surface area contributed by atoms with Gasteiger partial charge in [0.25, 0.3) is 0 Å². The van der Waals surface area contributed by atoms with Crippen molar-refractivity contribution in [2.45, 2.75) is 27.7 Å². The molecule has 0 radical (unpaired) electrons. The van der Waals surface area contributed by atoms with E-state index in [4.69, 9.17) is 0 Å². The van der Waals surface area contributed by atoms with Gasteiger partial charge in [0.05, 0.1) is 0 Å². The van der Waals surface area contributed by atoms with Crippen molar-refractivity contribution < 1.29 is 0 Å². The highest BCUT2D eigenvalue weighted by Gasteiger charge is 1.89. The molecule has 0 unspecified atom stereocenters. The molecule has 0 bridgehead atoms. The van der Waals surface area contributed by atoms with Gasteiger partial charge in [0, 0.05) is 5.75 Å². The first kappa shape index (κ1) is 12.3. The summed E-state index contributed by atoms with van der Waals surface area (Å²) in [4.78, 5) is 0. The minimum atomic E-state index is 0.754. The summed E-state index contributed by atoms with van der Waals surface area (Å²) in [6.07, 6.45) is 0. The van der Waals surface area contributed by atoms with Crippen molar-refractivity contribution in [3.63, 3.8) is 0 Å². The maximum atomic E-state index is 3.81. The van der Waals surface area contributed by atoms with Crippen LogP contribution in [-0.4, -0.2) is 5.75 Å². The van der Waals surface area contributed by atoms with Crippen LogP contribution in [0.5, 0.6) is 0 Å². The monoisotopic (exact) mass is 167 g/mol. The Hall–Kier alpha value is 0.660. The molecule has 0 atom stereocenters. The molecule has 0 heterocycles. The third-order valence-corrected chi connectivity index (χ3v) is 1.83. The van der Waals surface area contributed by atoms with E-state index in [0.717, 1.165) is 11.7 Å². The van der Waals surface area contributed by atoms with Gasteiger partial charge in [-0.2, -0.15) is 0 Å². The van der Waals surface area contributed by atoms with Crippen molar-refractivity contribution in [3.8, 4) is 0 Å². The Balaban J connectivity index is 0. The lowest BCUT2D eigenvalue weighted by molar-refractivity contribution is 0.750. The van der Waals surface area contributed by atoms with Gasteiger partial charge in [-0.1, -0.05) is 52.5 Å². The molecule has 3 heteroatoms. The Morgan fingerprint density at radius 3 is 2.00 bits per heavy atom. The molecule has 0 aromatic rings. The highest BCUT2D eigenvalue weighted by atomic mass is 32.2. The van der Waals surface area contributed by atoms with Crippen molar-refractivity contribution in [1.82, 2.24) is 4.13 Å². The van der Waals surface area contributed by atoms with Crippen molar-refractivity contribution in [2.75, 3.05) is 5.75 Å². The summed E-state index contributed by atoms with van der Waals surface area (Å²) in [5.41, 5.74) is 0. The van der Waals surface area contributed by atoms with E-state index in [-0.39, 0.29) is 0 Å². The zero-order chi connectivity index (χ0) is 7.70. The quantitative estimate of drug-likeness (QED) is 0.495. The molecule has 0 aromatic carbocycles. The molecule has 0 aliphatic heterocycles. The van der Waals surface area contributed by atoms with Gasteiger partial charge in [0.15, 0.2) is 0 Å². The molecule has 0 saturated heterocycles. The predicted molar refractivity (Wildman–Crippen MR) is 50.8 cm³/mol. The van der Waals surface area contributed by atoms with E-state index in [1.165, 1.54) is 0 Å². The SMILES string of the molecule is CC.CC(C)CSNS. The average molecular weight is 167 g/mol. The van der Waals surface area contributed by atoms with Gasteiger partial charge < -0.3 is 0 Å². The first-order valence-corrected chi connectivity index (χ1v) is 4.71. The van der Waals surface area contributed by atoms with E-state index >= 15 is 0 Å². The second-order valence-corrected chi connectivity index (χ2v) is 3.15. The Labute approximate surface area is 68.7 Å². The van der Waals surface area contributed by atoms with E-state index in [9.17, 15) is 0 Å². The molecule has 58 valence electrons. The summed E-state index contributed by atoms with van der Waals surface area (Å²) in [5.74, 6) is 1.88. The lowest BCUT2D eigenvalue weighted by Crippen LogP contribution is -1.94. The molecule has 1 nitrogen and oxygen atoms in total. The Morgan fingerprint density at radius 1 is 1.44 bits per heavy atom. The number of rotatable bonds is 3. The third kappa shape index (κ3) is 17.7. The lowest BCUT2D eigenvalue weighted by Gasteiger charge is -1.99. The van der Waals surface area contributed by atoms with Crippen LogP contribution in [0.3, 0.4) is 0 Å². The topological polar surface area (TPSA) is 12.0 Å². The van der Waals surface area contributed by atoms with E-state index in [0.29, 0.717) is 0 Å². The maximum absolute atomic E-state index is 3.81. The molecular weight excluding hydrogens is 150 g/mol. The molecule has 1 N–H and O–H groups in total. The van der Waals surface area contributed by atoms with Crippen molar-refractivity contribution in [2.24, 2.45) is 5.92 Å². The van der Waals surface area contributed by atoms with Gasteiger partial charge in [-0.3, -0.25) is 0 Å². The van der Waals surface area contributed by atoms with Gasteiger partial charge >= 0.3 is 0 Å². The lowest BCUT2D eigenvalue weighted by atomic mass is 10.3. The summed E-state index contributed by atoms with van der Waals surface area (Å²) >= 11 is 5.44. The molecule has 0 spiro atoms. The van der Waals surface area contributed by atoms with Gasteiger partial charge in [-0.05, 0) is 5.92 Å². The molecule has 0 aliphatic carbocycles. The van der Waals surface area contributed by atoms with Crippen LogP contribution >= 0.6 is 24.8 Å². The van der Waals surface area contributed by atoms with Crippen LogP contribution in [0.25, 0.3) is 0 Å². The summed E-state index contributed by atoms with van der Waals surface area (Å²) < 4.78 is 2.71. The van der Waals surface area contributed by atoms with Crippen LogP contribution in [0, 0.1) is 5.92 Å². The smallest absolute Gasteiger partial charge is 0.0110 e. The van der Waals surface area contributed by atoms with E-state index in [1.807, 2.05) is 13.8 Å². The molecular formula is C6H17NS2. The van der Waals surface area contributed by atoms with Gasteiger partial charge in [0.2, 0.25) is 0 Å². The van der Waals surface area contributed by atoms with Crippen molar-refractivity contribution in [3.05, 3.63) is 0 Å². The third-order valence-electron chi connectivity index (χ3n) is 0.481. The molecule has 0 rings (SSSR count). The van der Waals surface area contributed by atoms with Crippen LogP contribution in [0.2, 0.25) is 0 Å². The summed E-state index contributed by atoms with van der Waals surface area (Å²) in [6, 6.07) is 0. The number of hydrogen-bond acceptors (Lipinski definition) is 3. The van der Waals surface area contributed by atoms with Crippen molar-refractivity contribution in [1.29, 1.82) is 0 Å². The zero-order valence-electron chi connectivity index (χ0n) is 6.64. The fourth-order valence-corrected chi connectivity index (χ4v) is 0.835. The minimum absolute atomic E-state index is 0.754. The Bertz CT molecular complexity index is 40.0. The molecule has 0 amide bonds. The minimum Gasteiger partial charge on any atom is -0.211 e. The first-order chi connectivity index (χ1) is 4.27. The maximum Gasteiger partial charge on any atom is 0.0110 e. The molecule has 0 fully saturated rings. The summed E-state index contributed by atoms with van der Waals surface area (Å²) in [7, 11) is 0. The van der Waals surface area contributed by atoms with Gasteiger partial charge in [0.1, 0.15) is 0 Å². The van der Waals surface area contributed by atoms with E-state index < -0.39 is 0 Å². The molecule has 0 saturated carbocycles. The second-order valence-electron chi connectivity index (χ2n) is 1.80. The fourth-order valence-electron chi connectivity index (χ4n) is 0.204. The molecule has 0 aliphatic rings. The zero-order valence-corrected chi connectivity index (χ0v) is 8.35. The predicted octanol–water partition coefficient (Wildman–Crippen LogP) is 2.75. The van der Waals surface area contributed by atoms with Crippen LogP contribution in [0.15, 0.2) is 0 Å². The van der Waals surface area contributed by atoms with Crippen molar-refractivity contribution >= 4 is 24.8 Å². The summed E-state index contributed by atoms with van der Waals surface area (Å²) in [6.45, 7) is 8.36. The molecule has 9 heavy (non-hydrogen) atoms. The Kier molecular flexibility index (Phi) is 15.7. The fraction of sp³-hybridized carbons (Fsp3) is 1.00. The number of hydrogen-bond donors (Lipinski definition) is 2. The summed E-state index contributed by atoms with van der Waals surface area (Å²) in [5, 5.41) is 0. The standard InChI is InChI=1S/C4H11NS2.C2H6/c1-4(2)3-7-5-6;1-2/h4-6H,3H2,1-2H3;1-2H3. The van der Waals surface area contributed by atoms with Gasteiger partial charge in [-0.15, -0.1) is 0 Å². The van der Waals surface area contributed by atoms with Crippen LogP contribution in [0.4, 0.5) is 0 Å². The highest BCUT2D eigenvalue weighted by molar-refractivity contribution is 8.06. The normalized spacial score (nSPS) is 8.67. The van der Waals surface area contributed by atoms with Crippen LogP contribution < -0.4 is 4.13 Å². The van der Waals surface area contributed by atoms with Gasteiger partial charge in [-0.25, -0.2) is 4.13 Å². The van der Waals surface area contributed by atoms with E-state index in [2.05, 4.69) is 30.8 Å². The average Bonchev–Trinajstić information content (AvgIpc) is 1.88. The molecule has 0 aromatic heterocycles. The highest BCUT2D eigenvalue weighted by Crippen LogP contribution is 2.02. The van der Waals surface area contributed by atoms with Crippen LogP contribution in [0.1, 0.15) is 27.7 Å². The number of thiol groups is 1. The first-order valence-electron chi connectivity index (χ1n) is 3.28. The van der Waals surface area contributed by atoms with E-state index in [1.54, 1.807) is 11.9 Å². The largest absolute Gasteiger partial charge is 0.211 e. The Morgan fingerprint density at radius 2 is 1.89 bits per heavy atom. The number of nitrogens with one attached hydrogen (secondary N) is 1. The van der Waals surface area contributed by atoms with Crippen LogP contribution in [-0.2, 0) is 0 Å².